The summed E-state index contributed by atoms with van der Waals surface area (Å²) in [5, 5.41) is 0. The van der Waals surface area contributed by atoms with E-state index >= 15 is 0 Å². The Bertz CT molecular complexity index is 251. The fraction of sp³-hybridized carbons (Fsp3) is 1.00. The maximum absolute atomic E-state index is 6.21. The minimum Gasteiger partial charge on any atom is -0.375 e. The Kier molecular flexibility index (Phi) is 5.48. The molecule has 5 atom stereocenters. The fourth-order valence-corrected chi connectivity index (χ4v) is 3.69. The Morgan fingerprint density at radius 1 is 1.17 bits per heavy atom. The fourth-order valence-electron chi connectivity index (χ4n) is 2.83. The summed E-state index contributed by atoms with van der Waals surface area (Å²) in [4.78, 5) is 0.462. The number of alkyl halides is 1. The van der Waals surface area contributed by atoms with E-state index in [1.165, 1.54) is 0 Å². The lowest BCUT2D eigenvalue weighted by molar-refractivity contribution is -0.178. The van der Waals surface area contributed by atoms with Gasteiger partial charge in [-0.1, -0.05) is 22.9 Å². The number of rotatable bonds is 5. The molecule has 0 aromatic carbocycles. The largest absolute Gasteiger partial charge is 0.375 e. The maximum atomic E-state index is 6.21. The summed E-state index contributed by atoms with van der Waals surface area (Å²) in [6, 6.07) is 0. The second-order valence-electron chi connectivity index (χ2n) is 5.61. The SMILES string of the molecule is CCCOC1C(Br)CC1OC1CC(C)OC(C)C1. The Morgan fingerprint density at radius 3 is 2.39 bits per heavy atom. The molecule has 106 valence electrons. The maximum Gasteiger partial charge on any atom is 0.0962 e. The van der Waals surface area contributed by atoms with Gasteiger partial charge in [0, 0.05) is 11.4 Å². The summed E-state index contributed by atoms with van der Waals surface area (Å²) in [7, 11) is 0. The van der Waals surface area contributed by atoms with E-state index in [1.807, 2.05) is 0 Å². The molecule has 0 spiro atoms. The van der Waals surface area contributed by atoms with Crippen LogP contribution in [0.4, 0.5) is 0 Å². The monoisotopic (exact) mass is 320 g/mol. The Balaban J connectivity index is 1.78. The van der Waals surface area contributed by atoms with Gasteiger partial charge >= 0.3 is 0 Å². The molecule has 2 fully saturated rings. The Hall–Kier alpha value is 0.360. The highest BCUT2D eigenvalue weighted by Crippen LogP contribution is 2.36. The molecule has 2 rings (SSSR count). The third kappa shape index (κ3) is 3.69. The van der Waals surface area contributed by atoms with Gasteiger partial charge in [0.15, 0.2) is 0 Å². The first-order valence-electron chi connectivity index (χ1n) is 7.16. The molecule has 1 heterocycles. The summed E-state index contributed by atoms with van der Waals surface area (Å²) in [6.07, 6.45) is 5.61. The topological polar surface area (TPSA) is 27.7 Å². The van der Waals surface area contributed by atoms with Gasteiger partial charge in [-0.25, -0.2) is 0 Å². The average Bonchev–Trinajstić information content (AvgIpc) is 2.27. The first-order chi connectivity index (χ1) is 8.60. The van der Waals surface area contributed by atoms with Gasteiger partial charge in [0.05, 0.1) is 30.5 Å². The zero-order valence-corrected chi connectivity index (χ0v) is 13.2. The highest BCUT2D eigenvalue weighted by atomic mass is 79.9. The van der Waals surface area contributed by atoms with Crippen LogP contribution < -0.4 is 0 Å². The van der Waals surface area contributed by atoms with Gasteiger partial charge in [0.25, 0.3) is 0 Å². The van der Waals surface area contributed by atoms with Crippen molar-refractivity contribution in [1.82, 2.24) is 0 Å². The lowest BCUT2D eigenvalue weighted by Crippen LogP contribution is -2.53. The van der Waals surface area contributed by atoms with E-state index in [9.17, 15) is 0 Å². The zero-order chi connectivity index (χ0) is 13.1. The van der Waals surface area contributed by atoms with Gasteiger partial charge in [-0.05, 0) is 39.5 Å². The van der Waals surface area contributed by atoms with Crippen LogP contribution in [0.1, 0.15) is 46.5 Å². The van der Waals surface area contributed by atoms with Crippen molar-refractivity contribution >= 4 is 15.9 Å². The summed E-state index contributed by atoms with van der Waals surface area (Å²) < 4.78 is 17.8. The van der Waals surface area contributed by atoms with E-state index in [2.05, 4.69) is 36.7 Å². The van der Waals surface area contributed by atoms with Crippen molar-refractivity contribution < 1.29 is 14.2 Å². The number of hydrogen-bond donors (Lipinski definition) is 0. The van der Waals surface area contributed by atoms with Crippen LogP contribution >= 0.6 is 15.9 Å². The minimum atomic E-state index is 0.235. The Labute approximate surface area is 119 Å². The van der Waals surface area contributed by atoms with Crippen LogP contribution in [0.3, 0.4) is 0 Å². The minimum absolute atomic E-state index is 0.235. The highest BCUT2D eigenvalue weighted by Gasteiger charge is 2.43. The van der Waals surface area contributed by atoms with Crippen molar-refractivity contribution in [1.29, 1.82) is 0 Å². The molecular formula is C14H25BrO3. The third-order valence-electron chi connectivity index (χ3n) is 3.72. The zero-order valence-electron chi connectivity index (χ0n) is 11.6. The standard InChI is InChI=1S/C14H25BrO3/c1-4-5-16-14-12(15)8-13(14)18-11-6-9(2)17-10(3)7-11/h9-14H,4-8H2,1-3H3. The molecule has 1 aliphatic heterocycles. The summed E-state index contributed by atoms with van der Waals surface area (Å²) in [5.74, 6) is 0. The summed E-state index contributed by atoms with van der Waals surface area (Å²) in [6.45, 7) is 7.23. The van der Waals surface area contributed by atoms with Crippen LogP contribution in [0.15, 0.2) is 0 Å². The molecular weight excluding hydrogens is 296 g/mol. The van der Waals surface area contributed by atoms with E-state index < -0.39 is 0 Å². The normalized spacial score (nSPS) is 44.7. The van der Waals surface area contributed by atoms with Gasteiger partial charge in [0.1, 0.15) is 0 Å². The summed E-state index contributed by atoms with van der Waals surface area (Å²) in [5.41, 5.74) is 0. The van der Waals surface area contributed by atoms with Gasteiger partial charge in [-0.15, -0.1) is 0 Å². The molecule has 0 aromatic rings. The highest BCUT2D eigenvalue weighted by molar-refractivity contribution is 9.09. The van der Waals surface area contributed by atoms with E-state index in [4.69, 9.17) is 14.2 Å². The second-order valence-corrected chi connectivity index (χ2v) is 6.79. The molecule has 3 nitrogen and oxygen atoms in total. The van der Waals surface area contributed by atoms with Crippen molar-refractivity contribution in [2.24, 2.45) is 0 Å². The Morgan fingerprint density at radius 2 is 1.83 bits per heavy atom. The van der Waals surface area contributed by atoms with Crippen LogP contribution in [0.25, 0.3) is 0 Å². The van der Waals surface area contributed by atoms with Gasteiger partial charge < -0.3 is 14.2 Å². The molecule has 4 heteroatoms. The van der Waals surface area contributed by atoms with Crippen LogP contribution in [-0.2, 0) is 14.2 Å². The molecule has 0 amide bonds. The van der Waals surface area contributed by atoms with Crippen molar-refractivity contribution in [2.75, 3.05) is 6.61 Å². The molecule has 0 aromatic heterocycles. The van der Waals surface area contributed by atoms with Gasteiger partial charge in [-0.2, -0.15) is 0 Å². The van der Waals surface area contributed by atoms with Crippen LogP contribution in [0, 0.1) is 0 Å². The van der Waals surface area contributed by atoms with Crippen LogP contribution in [-0.4, -0.2) is 42.0 Å². The summed E-state index contributed by atoms with van der Waals surface area (Å²) >= 11 is 3.66. The smallest absolute Gasteiger partial charge is 0.0962 e. The first kappa shape index (κ1) is 14.8. The molecule has 5 unspecified atom stereocenters. The number of ether oxygens (including phenoxy) is 3. The molecule has 1 saturated carbocycles. The second kappa shape index (κ2) is 6.69. The predicted molar refractivity (Wildman–Crippen MR) is 75.3 cm³/mol. The van der Waals surface area contributed by atoms with Gasteiger partial charge in [0.2, 0.25) is 0 Å². The molecule has 0 bridgehead atoms. The molecule has 0 radical (unpaired) electrons. The number of halogens is 1. The van der Waals surface area contributed by atoms with Crippen molar-refractivity contribution in [3.8, 4) is 0 Å². The van der Waals surface area contributed by atoms with Crippen LogP contribution in [0.5, 0.6) is 0 Å². The van der Waals surface area contributed by atoms with Crippen molar-refractivity contribution in [3.05, 3.63) is 0 Å². The average molecular weight is 321 g/mol. The van der Waals surface area contributed by atoms with E-state index in [0.717, 1.165) is 32.3 Å². The number of hydrogen-bond acceptors (Lipinski definition) is 3. The molecule has 1 saturated heterocycles. The molecule has 0 N–H and O–H groups in total. The molecule has 2 aliphatic rings. The van der Waals surface area contributed by atoms with E-state index in [0.29, 0.717) is 23.1 Å². The van der Waals surface area contributed by atoms with Gasteiger partial charge in [-0.3, -0.25) is 0 Å². The van der Waals surface area contributed by atoms with E-state index in [1.54, 1.807) is 0 Å². The predicted octanol–water partition coefficient (Wildman–Crippen LogP) is 3.29. The van der Waals surface area contributed by atoms with Crippen molar-refractivity contribution in [2.45, 2.75) is 81.8 Å². The lowest BCUT2D eigenvalue weighted by Gasteiger charge is -2.44. The quantitative estimate of drug-likeness (QED) is 0.727. The lowest BCUT2D eigenvalue weighted by atomic mass is 9.90. The molecule has 18 heavy (non-hydrogen) atoms. The van der Waals surface area contributed by atoms with E-state index in [-0.39, 0.29) is 12.2 Å². The van der Waals surface area contributed by atoms with Crippen molar-refractivity contribution in [3.63, 3.8) is 0 Å². The van der Waals surface area contributed by atoms with Crippen LogP contribution in [0.2, 0.25) is 0 Å². The third-order valence-corrected chi connectivity index (χ3v) is 4.61. The molecule has 1 aliphatic carbocycles. The first-order valence-corrected chi connectivity index (χ1v) is 8.08.